The van der Waals surface area contributed by atoms with Crippen LogP contribution in [-0.4, -0.2) is 51.2 Å². The number of unbranched alkanes of at least 4 members (excludes halogenated alkanes) is 1. The van der Waals surface area contributed by atoms with Gasteiger partial charge in [0.1, 0.15) is 5.75 Å². The Hall–Kier alpha value is -0.910. The Morgan fingerprint density at radius 3 is 2.50 bits per heavy atom. The van der Waals surface area contributed by atoms with E-state index < -0.39 is 16.8 Å². The molecule has 0 aliphatic rings. The highest BCUT2D eigenvalue weighted by Gasteiger charge is 2.13. The number of nitrogens with zero attached hydrogens (tertiary/aromatic N) is 1. The number of carbonyl (C=O) groups is 2. The van der Waals surface area contributed by atoms with Crippen molar-refractivity contribution in [3.63, 3.8) is 0 Å². The minimum absolute atomic E-state index is 0.0443. The molecule has 1 N–H and O–H groups in total. The van der Waals surface area contributed by atoms with Crippen molar-refractivity contribution in [1.82, 2.24) is 4.90 Å². The first-order valence-electron chi connectivity index (χ1n) is 5.28. The Morgan fingerprint density at radius 2 is 2.00 bits per heavy atom. The van der Waals surface area contributed by atoms with E-state index in [2.05, 4.69) is 0 Å². The highest BCUT2D eigenvalue weighted by molar-refractivity contribution is 7.85. The summed E-state index contributed by atoms with van der Waals surface area (Å²) in [5.41, 5.74) is 0. The molecule has 1 unspecified atom stereocenters. The van der Waals surface area contributed by atoms with Crippen molar-refractivity contribution in [3.8, 4) is 0 Å². The first-order valence-corrected chi connectivity index (χ1v) is 6.77. The molecule has 16 heavy (non-hydrogen) atoms. The monoisotopic (exact) mass is 249 g/mol. The standard InChI is InChI=1S/C10H19NO4S/c1-3-4-6-11(2)9(12)8-16(15)7-5-10(13)14/h3-8H2,1-2H3,(H,13,14). The minimum Gasteiger partial charge on any atom is -0.481 e. The van der Waals surface area contributed by atoms with Crippen molar-refractivity contribution in [2.24, 2.45) is 0 Å². The maximum absolute atomic E-state index is 11.5. The lowest BCUT2D eigenvalue weighted by molar-refractivity contribution is -0.136. The van der Waals surface area contributed by atoms with Gasteiger partial charge in [-0.1, -0.05) is 13.3 Å². The zero-order chi connectivity index (χ0) is 12.6. The van der Waals surface area contributed by atoms with Crippen LogP contribution in [0, 0.1) is 0 Å². The molecular weight excluding hydrogens is 230 g/mol. The molecule has 0 rings (SSSR count). The Balaban J connectivity index is 3.85. The molecule has 0 heterocycles. The van der Waals surface area contributed by atoms with Gasteiger partial charge in [-0.3, -0.25) is 13.8 Å². The molecule has 0 aromatic rings. The van der Waals surface area contributed by atoms with Crippen molar-refractivity contribution < 1.29 is 18.9 Å². The van der Waals surface area contributed by atoms with Gasteiger partial charge in [0.25, 0.3) is 0 Å². The van der Waals surface area contributed by atoms with E-state index >= 15 is 0 Å². The third-order valence-corrected chi connectivity index (χ3v) is 3.33. The maximum Gasteiger partial charge on any atom is 0.304 e. The summed E-state index contributed by atoms with van der Waals surface area (Å²) in [6, 6.07) is 0. The largest absolute Gasteiger partial charge is 0.481 e. The first-order chi connectivity index (χ1) is 7.47. The smallest absolute Gasteiger partial charge is 0.304 e. The van der Waals surface area contributed by atoms with Crippen LogP contribution < -0.4 is 0 Å². The summed E-state index contributed by atoms with van der Waals surface area (Å²) in [6.45, 7) is 2.69. The molecule has 0 bridgehead atoms. The number of aliphatic carboxylic acids is 1. The summed E-state index contributed by atoms with van der Waals surface area (Å²) in [4.78, 5) is 23.3. The van der Waals surface area contributed by atoms with Gasteiger partial charge in [-0.15, -0.1) is 0 Å². The Morgan fingerprint density at radius 1 is 1.38 bits per heavy atom. The molecule has 0 aromatic carbocycles. The summed E-state index contributed by atoms with van der Waals surface area (Å²) < 4.78 is 11.3. The lowest BCUT2D eigenvalue weighted by Gasteiger charge is -2.16. The van der Waals surface area contributed by atoms with E-state index in [9.17, 15) is 13.8 Å². The van der Waals surface area contributed by atoms with Gasteiger partial charge in [0, 0.05) is 30.1 Å². The molecule has 0 aliphatic heterocycles. The van der Waals surface area contributed by atoms with Crippen molar-refractivity contribution >= 4 is 22.7 Å². The van der Waals surface area contributed by atoms with E-state index in [0.717, 1.165) is 12.8 Å². The molecule has 1 atom stereocenters. The Kier molecular flexibility index (Phi) is 7.80. The number of hydrogen-bond acceptors (Lipinski definition) is 3. The molecule has 6 heteroatoms. The Bertz CT molecular complexity index is 268. The average molecular weight is 249 g/mol. The Labute approximate surface area is 98.3 Å². The van der Waals surface area contributed by atoms with Crippen LogP contribution in [0.4, 0.5) is 0 Å². The normalized spacial score (nSPS) is 12.1. The van der Waals surface area contributed by atoms with Gasteiger partial charge in [0.15, 0.2) is 0 Å². The van der Waals surface area contributed by atoms with Crippen LogP contribution in [0.1, 0.15) is 26.2 Å². The molecule has 0 spiro atoms. The van der Waals surface area contributed by atoms with Gasteiger partial charge in [0.2, 0.25) is 5.91 Å². The molecule has 94 valence electrons. The van der Waals surface area contributed by atoms with Crippen molar-refractivity contribution in [2.75, 3.05) is 25.1 Å². The van der Waals surface area contributed by atoms with Crippen LogP contribution in [-0.2, 0) is 20.4 Å². The number of carbonyl (C=O) groups excluding carboxylic acids is 1. The lowest BCUT2D eigenvalue weighted by atomic mass is 10.3. The highest BCUT2D eigenvalue weighted by atomic mass is 32.2. The third-order valence-electron chi connectivity index (χ3n) is 2.10. The second-order valence-corrected chi connectivity index (χ2v) is 5.18. The molecule has 0 saturated carbocycles. The van der Waals surface area contributed by atoms with Gasteiger partial charge >= 0.3 is 5.97 Å². The molecule has 1 amide bonds. The summed E-state index contributed by atoms with van der Waals surface area (Å²) >= 11 is 0. The van der Waals surface area contributed by atoms with E-state index in [-0.39, 0.29) is 23.8 Å². The van der Waals surface area contributed by atoms with E-state index in [1.165, 1.54) is 0 Å². The molecule has 0 aliphatic carbocycles. The van der Waals surface area contributed by atoms with Crippen molar-refractivity contribution in [1.29, 1.82) is 0 Å². The number of rotatable bonds is 8. The lowest BCUT2D eigenvalue weighted by Crippen LogP contribution is -2.32. The molecule has 0 aromatic heterocycles. The fourth-order valence-electron chi connectivity index (χ4n) is 1.04. The predicted octanol–water partition coefficient (Wildman–Crippen LogP) is 0.468. The van der Waals surface area contributed by atoms with Gasteiger partial charge in [-0.05, 0) is 6.42 Å². The first kappa shape index (κ1) is 15.1. The number of carboxylic acid groups (broad SMARTS) is 1. The van der Waals surface area contributed by atoms with Gasteiger partial charge in [-0.2, -0.15) is 0 Å². The molecule has 0 fully saturated rings. The van der Waals surface area contributed by atoms with Crippen LogP contribution in [0.2, 0.25) is 0 Å². The van der Waals surface area contributed by atoms with Crippen LogP contribution in [0.15, 0.2) is 0 Å². The van der Waals surface area contributed by atoms with Gasteiger partial charge in [-0.25, -0.2) is 0 Å². The van der Waals surface area contributed by atoms with Crippen molar-refractivity contribution in [3.05, 3.63) is 0 Å². The zero-order valence-corrected chi connectivity index (χ0v) is 10.6. The third kappa shape index (κ3) is 7.39. The van der Waals surface area contributed by atoms with E-state index in [1.54, 1.807) is 11.9 Å². The second-order valence-electron chi connectivity index (χ2n) is 3.60. The number of carboxylic acids is 1. The van der Waals surface area contributed by atoms with E-state index in [0.29, 0.717) is 6.54 Å². The second kappa shape index (κ2) is 8.27. The summed E-state index contributed by atoms with van der Waals surface area (Å²) in [5.74, 6) is -1.20. The van der Waals surface area contributed by atoms with Crippen LogP contribution in [0.5, 0.6) is 0 Å². The van der Waals surface area contributed by atoms with Crippen LogP contribution in [0.25, 0.3) is 0 Å². The minimum atomic E-state index is -1.37. The maximum atomic E-state index is 11.5. The topological polar surface area (TPSA) is 74.7 Å². The van der Waals surface area contributed by atoms with E-state index in [1.807, 2.05) is 6.92 Å². The average Bonchev–Trinajstić information content (AvgIpc) is 2.22. The van der Waals surface area contributed by atoms with Crippen molar-refractivity contribution in [2.45, 2.75) is 26.2 Å². The SMILES string of the molecule is CCCCN(C)C(=O)CS(=O)CCC(=O)O. The summed E-state index contributed by atoms with van der Waals surface area (Å²) in [5, 5.41) is 8.39. The van der Waals surface area contributed by atoms with Gasteiger partial charge < -0.3 is 10.0 Å². The number of hydrogen-bond donors (Lipinski definition) is 1. The highest BCUT2D eigenvalue weighted by Crippen LogP contribution is 1.96. The fraction of sp³-hybridized carbons (Fsp3) is 0.800. The zero-order valence-electron chi connectivity index (χ0n) is 9.77. The quantitative estimate of drug-likeness (QED) is 0.678. The van der Waals surface area contributed by atoms with Crippen LogP contribution in [0.3, 0.4) is 0 Å². The summed E-state index contributed by atoms with van der Waals surface area (Å²) in [7, 11) is 0.304. The fourth-order valence-corrected chi connectivity index (χ4v) is 2.08. The molecular formula is C10H19NO4S. The van der Waals surface area contributed by atoms with Gasteiger partial charge in [0.05, 0.1) is 6.42 Å². The predicted molar refractivity (Wildman–Crippen MR) is 62.7 cm³/mol. The van der Waals surface area contributed by atoms with Crippen LogP contribution >= 0.6 is 0 Å². The molecule has 0 saturated heterocycles. The number of amides is 1. The van der Waals surface area contributed by atoms with E-state index in [4.69, 9.17) is 5.11 Å². The molecule has 5 nitrogen and oxygen atoms in total. The summed E-state index contributed by atoms with van der Waals surface area (Å²) in [6.07, 6.45) is 1.77. The molecule has 0 radical (unpaired) electrons.